The van der Waals surface area contributed by atoms with Crippen molar-refractivity contribution in [2.45, 2.75) is 45.3 Å². The van der Waals surface area contributed by atoms with Gasteiger partial charge in [0.05, 0.1) is 14.2 Å². The molecule has 0 N–H and O–H groups in total. The molecule has 0 saturated heterocycles. The van der Waals surface area contributed by atoms with Crippen molar-refractivity contribution in [3.05, 3.63) is 53.1 Å². The van der Waals surface area contributed by atoms with E-state index in [1.54, 1.807) is 33.1 Å². The molecule has 1 aliphatic rings. The lowest BCUT2D eigenvalue weighted by Crippen LogP contribution is -2.37. The molecule has 2 aromatic carbocycles. The number of aryl methyl sites for hydroxylation is 2. The normalized spacial score (nSPS) is 14.0. The maximum Gasteiger partial charge on any atom is 0.263 e. The van der Waals surface area contributed by atoms with E-state index >= 15 is 0 Å². The molecular weight excluding hydrogens is 354 g/mol. The Bertz CT molecular complexity index is 784. The molecule has 1 amide bonds. The Balaban J connectivity index is 1.62. The molecule has 0 spiro atoms. The topological polar surface area (TPSA) is 48.0 Å². The van der Waals surface area contributed by atoms with Crippen LogP contribution in [0.1, 0.15) is 36.5 Å². The van der Waals surface area contributed by atoms with Gasteiger partial charge in [-0.15, -0.1) is 0 Å². The molecule has 28 heavy (non-hydrogen) atoms. The molecule has 0 saturated carbocycles. The van der Waals surface area contributed by atoms with E-state index in [1.807, 2.05) is 24.3 Å². The van der Waals surface area contributed by atoms with Crippen molar-refractivity contribution in [2.24, 2.45) is 0 Å². The summed E-state index contributed by atoms with van der Waals surface area (Å²) in [5.74, 6) is 2.03. The highest BCUT2D eigenvalue weighted by Gasteiger charge is 2.20. The molecule has 0 fully saturated rings. The van der Waals surface area contributed by atoms with E-state index in [2.05, 4.69) is 12.1 Å². The summed E-state index contributed by atoms with van der Waals surface area (Å²) in [6, 6.07) is 11.9. The van der Waals surface area contributed by atoms with E-state index < -0.39 is 6.10 Å². The van der Waals surface area contributed by atoms with Crippen LogP contribution in [0.25, 0.3) is 0 Å². The van der Waals surface area contributed by atoms with Crippen LogP contribution in [0.2, 0.25) is 0 Å². The third-order valence-electron chi connectivity index (χ3n) is 5.22. The van der Waals surface area contributed by atoms with Crippen molar-refractivity contribution in [3.63, 3.8) is 0 Å². The number of nitrogens with zero attached hydrogens (tertiary/aromatic N) is 1. The summed E-state index contributed by atoms with van der Waals surface area (Å²) in [5.41, 5.74) is 3.72. The van der Waals surface area contributed by atoms with E-state index in [9.17, 15) is 4.79 Å². The molecule has 2 aromatic rings. The molecule has 0 radical (unpaired) electrons. The minimum absolute atomic E-state index is 0.0625. The predicted octanol–water partition coefficient (Wildman–Crippen LogP) is 4.01. The molecule has 0 aliphatic heterocycles. The lowest BCUT2D eigenvalue weighted by Gasteiger charge is -2.23. The van der Waals surface area contributed by atoms with Crippen LogP contribution in [0, 0.1) is 0 Å². The van der Waals surface area contributed by atoms with Crippen LogP contribution in [0.15, 0.2) is 36.4 Å². The standard InChI is InChI=1S/C23H29NO4/c1-16(28-20-11-10-18-7-5-6-8-19(18)14-20)23(25)24(2)15-17-9-12-21(26-3)22(13-17)27-4/h9-14,16H,5-8,15H2,1-4H3/t16-/m0/s1. The smallest absolute Gasteiger partial charge is 0.263 e. The summed E-state index contributed by atoms with van der Waals surface area (Å²) >= 11 is 0. The minimum atomic E-state index is -0.549. The number of ether oxygens (including phenoxy) is 3. The Labute approximate surface area is 167 Å². The van der Waals surface area contributed by atoms with Crippen LogP contribution in [0.3, 0.4) is 0 Å². The Morgan fingerprint density at radius 2 is 1.71 bits per heavy atom. The summed E-state index contributed by atoms with van der Waals surface area (Å²) in [4.78, 5) is 14.4. The second-order valence-electron chi connectivity index (χ2n) is 7.28. The van der Waals surface area contributed by atoms with E-state index in [0.29, 0.717) is 18.0 Å². The zero-order valence-electron chi connectivity index (χ0n) is 17.2. The third kappa shape index (κ3) is 4.58. The Hall–Kier alpha value is -2.69. The Kier molecular flexibility index (Phi) is 6.45. The van der Waals surface area contributed by atoms with Gasteiger partial charge < -0.3 is 19.1 Å². The number of amides is 1. The van der Waals surface area contributed by atoms with Crippen LogP contribution in [-0.2, 0) is 24.2 Å². The maximum absolute atomic E-state index is 12.8. The lowest BCUT2D eigenvalue weighted by molar-refractivity contribution is -0.137. The number of carbonyl (C=O) groups excluding carboxylic acids is 1. The van der Waals surface area contributed by atoms with Gasteiger partial charge in [-0.1, -0.05) is 12.1 Å². The van der Waals surface area contributed by atoms with Gasteiger partial charge in [0.25, 0.3) is 5.91 Å². The first kappa shape index (κ1) is 20.1. The van der Waals surface area contributed by atoms with Gasteiger partial charge in [0, 0.05) is 13.6 Å². The summed E-state index contributed by atoms with van der Waals surface area (Å²) in [6.45, 7) is 2.27. The molecule has 150 valence electrons. The SMILES string of the molecule is COc1ccc(CN(C)C(=O)[C@H](C)Oc2ccc3c(c2)CCCC3)cc1OC. The zero-order chi connectivity index (χ0) is 20.1. The average Bonchev–Trinajstić information content (AvgIpc) is 2.72. The van der Waals surface area contributed by atoms with Crippen LogP contribution in [-0.4, -0.2) is 38.2 Å². The first-order valence-corrected chi connectivity index (χ1v) is 9.76. The van der Waals surface area contributed by atoms with E-state index in [-0.39, 0.29) is 5.91 Å². The summed E-state index contributed by atoms with van der Waals surface area (Å²) in [5, 5.41) is 0. The second kappa shape index (κ2) is 9.00. The molecule has 0 aromatic heterocycles. The Morgan fingerprint density at radius 3 is 2.43 bits per heavy atom. The zero-order valence-corrected chi connectivity index (χ0v) is 17.2. The number of benzene rings is 2. The van der Waals surface area contributed by atoms with Crippen molar-refractivity contribution in [1.29, 1.82) is 0 Å². The molecule has 5 nitrogen and oxygen atoms in total. The quantitative estimate of drug-likeness (QED) is 0.725. The number of hydrogen-bond acceptors (Lipinski definition) is 4. The molecule has 3 rings (SSSR count). The van der Waals surface area contributed by atoms with Crippen molar-refractivity contribution in [1.82, 2.24) is 4.90 Å². The second-order valence-corrected chi connectivity index (χ2v) is 7.28. The Morgan fingerprint density at radius 1 is 1.00 bits per heavy atom. The van der Waals surface area contributed by atoms with E-state index in [0.717, 1.165) is 24.2 Å². The van der Waals surface area contributed by atoms with Gasteiger partial charge >= 0.3 is 0 Å². The van der Waals surface area contributed by atoms with Gasteiger partial charge in [-0.05, 0) is 73.6 Å². The van der Waals surface area contributed by atoms with Crippen molar-refractivity contribution in [2.75, 3.05) is 21.3 Å². The fourth-order valence-electron chi connectivity index (χ4n) is 3.68. The fourth-order valence-corrected chi connectivity index (χ4v) is 3.68. The van der Waals surface area contributed by atoms with Crippen LogP contribution in [0.5, 0.6) is 17.2 Å². The van der Waals surface area contributed by atoms with Crippen LogP contribution >= 0.6 is 0 Å². The predicted molar refractivity (Wildman–Crippen MR) is 109 cm³/mol. The average molecular weight is 383 g/mol. The number of likely N-dealkylation sites (N-methyl/N-ethyl adjacent to an activating group) is 1. The van der Waals surface area contributed by atoms with Gasteiger partial charge in [0.2, 0.25) is 0 Å². The van der Waals surface area contributed by atoms with Crippen molar-refractivity contribution in [3.8, 4) is 17.2 Å². The van der Waals surface area contributed by atoms with Gasteiger partial charge in [0.15, 0.2) is 17.6 Å². The largest absolute Gasteiger partial charge is 0.493 e. The summed E-state index contributed by atoms with van der Waals surface area (Å²) in [7, 11) is 4.99. The highest BCUT2D eigenvalue weighted by Crippen LogP contribution is 2.28. The molecule has 5 heteroatoms. The van der Waals surface area contributed by atoms with Crippen LogP contribution < -0.4 is 14.2 Å². The van der Waals surface area contributed by atoms with Gasteiger partial charge in [-0.3, -0.25) is 4.79 Å². The lowest BCUT2D eigenvalue weighted by atomic mass is 9.92. The van der Waals surface area contributed by atoms with E-state index in [4.69, 9.17) is 14.2 Å². The van der Waals surface area contributed by atoms with Crippen molar-refractivity contribution >= 4 is 5.91 Å². The number of carbonyl (C=O) groups is 1. The fraction of sp³-hybridized carbons (Fsp3) is 0.435. The minimum Gasteiger partial charge on any atom is -0.493 e. The first-order valence-electron chi connectivity index (χ1n) is 9.76. The number of rotatable bonds is 7. The summed E-state index contributed by atoms with van der Waals surface area (Å²) < 4.78 is 16.5. The molecular formula is C23H29NO4. The molecule has 1 atom stereocenters. The highest BCUT2D eigenvalue weighted by atomic mass is 16.5. The molecule has 0 heterocycles. The van der Waals surface area contributed by atoms with Crippen LogP contribution in [0.4, 0.5) is 0 Å². The van der Waals surface area contributed by atoms with Crippen molar-refractivity contribution < 1.29 is 19.0 Å². The number of fused-ring (bicyclic) bond motifs is 1. The maximum atomic E-state index is 12.8. The third-order valence-corrected chi connectivity index (χ3v) is 5.22. The van der Waals surface area contributed by atoms with Gasteiger partial charge in [-0.2, -0.15) is 0 Å². The number of hydrogen-bond donors (Lipinski definition) is 0. The van der Waals surface area contributed by atoms with E-state index in [1.165, 1.54) is 24.0 Å². The van der Waals surface area contributed by atoms with Gasteiger partial charge in [-0.25, -0.2) is 0 Å². The first-order chi connectivity index (χ1) is 13.5. The highest BCUT2D eigenvalue weighted by molar-refractivity contribution is 5.80. The number of methoxy groups -OCH3 is 2. The monoisotopic (exact) mass is 383 g/mol. The van der Waals surface area contributed by atoms with Gasteiger partial charge in [0.1, 0.15) is 5.75 Å². The molecule has 1 aliphatic carbocycles. The molecule has 0 bridgehead atoms. The summed E-state index contributed by atoms with van der Waals surface area (Å²) in [6.07, 6.45) is 4.15. The molecule has 0 unspecified atom stereocenters.